The van der Waals surface area contributed by atoms with E-state index in [9.17, 15) is 0 Å². The molecule has 0 aliphatic heterocycles. The van der Waals surface area contributed by atoms with Crippen molar-refractivity contribution in [3.05, 3.63) is 11.6 Å². The maximum absolute atomic E-state index is 9.00. The predicted molar refractivity (Wildman–Crippen MR) is 70.9 cm³/mol. The molecule has 0 spiro atoms. The Kier molecular flexibility index (Phi) is 9.41. The first kappa shape index (κ1) is 16.6. The first-order valence-corrected chi connectivity index (χ1v) is 6.52. The Morgan fingerprint density at radius 2 is 1.94 bits per heavy atom. The average Bonchev–Trinajstić information content (AvgIpc) is 2.24. The van der Waals surface area contributed by atoms with E-state index < -0.39 is 0 Å². The molecule has 0 saturated heterocycles. The van der Waals surface area contributed by atoms with Gasteiger partial charge in [0.25, 0.3) is 0 Å². The molecule has 0 bridgehead atoms. The van der Waals surface area contributed by atoms with Crippen LogP contribution in [0, 0.1) is 5.92 Å². The zero-order valence-corrected chi connectivity index (χ0v) is 11.9. The predicted octanol–water partition coefficient (Wildman–Crippen LogP) is 3.13. The van der Waals surface area contributed by atoms with Gasteiger partial charge in [-0.25, -0.2) is 0 Å². The van der Waals surface area contributed by atoms with Crippen molar-refractivity contribution in [3.63, 3.8) is 0 Å². The lowest BCUT2D eigenvalue weighted by molar-refractivity contribution is -0.168. The molecule has 17 heavy (non-hydrogen) atoms. The van der Waals surface area contributed by atoms with Gasteiger partial charge in [-0.3, -0.25) is 0 Å². The normalized spacial score (nSPS) is 16.4. The quantitative estimate of drug-likeness (QED) is 0.500. The van der Waals surface area contributed by atoms with Gasteiger partial charge in [-0.2, -0.15) is 0 Å². The molecular weight excluding hydrogens is 216 g/mol. The molecule has 0 aliphatic rings. The second-order valence-electron chi connectivity index (χ2n) is 4.70. The van der Waals surface area contributed by atoms with Crippen molar-refractivity contribution in [3.8, 4) is 0 Å². The van der Waals surface area contributed by atoms with E-state index in [0.717, 1.165) is 12.8 Å². The zero-order valence-electron chi connectivity index (χ0n) is 11.9. The van der Waals surface area contributed by atoms with E-state index in [4.69, 9.17) is 14.6 Å². The lowest BCUT2D eigenvalue weighted by atomic mass is 9.97. The highest BCUT2D eigenvalue weighted by molar-refractivity contribution is 4.95. The highest BCUT2D eigenvalue weighted by atomic mass is 16.7. The maximum atomic E-state index is 9.00. The third kappa shape index (κ3) is 8.36. The Morgan fingerprint density at radius 1 is 1.29 bits per heavy atom. The van der Waals surface area contributed by atoms with E-state index in [1.807, 2.05) is 13.8 Å². The van der Waals surface area contributed by atoms with Gasteiger partial charge in [0.05, 0.1) is 6.10 Å². The molecule has 0 aromatic carbocycles. The van der Waals surface area contributed by atoms with E-state index in [2.05, 4.69) is 26.8 Å². The SMILES string of the molecule is CCOC(C)OC(CC=C(C)C)C(C)CCO. The van der Waals surface area contributed by atoms with E-state index in [0.29, 0.717) is 12.5 Å². The van der Waals surface area contributed by atoms with Crippen LogP contribution in [-0.2, 0) is 9.47 Å². The molecule has 3 unspecified atom stereocenters. The summed E-state index contributed by atoms with van der Waals surface area (Å²) < 4.78 is 11.3. The number of ether oxygens (including phenoxy) is 2. The first-order valence-electron chi connectivity index (χ1n) is 6.52. The van der Waals surface area contributed by atoms with Crippen molar-refractivity contribution in [1.29, 1.82) is 0 Å². The fraction of sp³-hybridized carbons (Fsp3) is 0.857. The van der Waals surface area contributed by atoms with Crippen molar-refractivity contribution in [1.82, 2.24) is 0 Å². The molecule has 0 rings (SSSR count). The van der Waals surface area contributed by atoms with Crippen LogP contribution in [0.1, 0.15) is 47.5 Å². The summed E-state index contributed by atoms with van der Waals surface area (Å²) in [6.07, 6.45) is 3.74. The lowest BCUT2D eigenvalue weighted by Gasteiger charge is -2.26. The standard InChI is InChI=1S/C14H28O3/c1-6-16-13(5)17-14(8-7-11(2)3)12(4)9-10-15/h7,12-15H,6,8-10H2,1-5H3. The molecular formula is C14H28O3. The number of aliphatic hydroxyl groups is 1. The van der Waals surface area contributed by atoms with Crippen molar-refractivity contribution >= 4 is 0 Å². The van der Waals surface area contributed by atoms with E-state index >= 15 is 0 Å². The van der Waals surface area contributed by atoms with Crippen LogP contribution >= 0.6 is 0 Å². The molecule has 0 aromatic heterocycles. The smallest absolute Gasteiger partial charge is 0.155 e. The van der Waals surface area contributed by atoms with E-state index in [1.54, 1.807) is 0 Å². The Hall–Kier alpha value is -0.380. The summed E-state index contributed by atoms with van der Waals surface area (Å²) in [5, 5.41) is 9.00. The van der Waals surface area contributed by atoms with Gasteiger partial charge >= 0.3 is 0 Å². The number of rotatable bonds is 9. The van der Waals surface area contributed by atoms with Crippen LogP contribution < -0.4 is 0 Å². The largest absolute Gasteiger partial charge is 0.396 e. The minimum Gasteiger partial charge on any atom is -0.396 e. The fourth-order valence-electron chi connectivity index (χ4n) is 1.68. The summed E-state index contributed by atoms with van der Waals surface area (Å²) in [4.78, 5) is 0. The van der Waals surface area contributed by atoms with Crippen molar-refractivity contribution in [2.45, 2.75) is 59.9 Å². The Bertz CT molecular complexity index is 210. The van der Waals surface area contributed by atoms with Crippen molar-refractivity contribution in [2.75, 3.05) is 13.2 Å². The number of hydrogen-bond acceptors (Lipinski definition) is 3. The minimum absolute atomic E-state index is 0.110. The van der Waals surface area contributed by atoms with Crippen LogP contribution in [0.25, 0.3) is 0 Å². The summed E-state index contributed by atoms with van der Waals surface area (Å²) in [6.45, 7) is 11.0. The van der Waals surface area contributed by atoms with E-state index in [1.165, 1.54) is 5.57 Å². The molecule has 1 N–H and O–H groups in total. The van der Waals surface area contributed by atoms with Crippen LogP contribution in [0.2, 0.25) is 0 Å². The van der Waals surface area contributed by atoms with Gasteiger partial charge in [0.1, 0.15) is 0 Å². The molecule has 0 radical (unpaired) electrons. The van der Waals surface area contributed by atoms with Gasteiger partial charge in [0, 0.05) is 13.2 Å². The summed E-state index contributed by atoms with van der Waals surface area (Å²) in [5.74, 6) is 0.332. The molecule has 0 aromatic rings. The minimum atomic E-state index is -0.184. The molecule has 102 valence electrons. The maximum Gasteiger partial charge on any atom is 0.155 e. The average molecular weight is 244 g/mol. The number of hydrogen-bond donors (Lipinski definition) is 1. The Morgan fingerprint density at radius 3 is 2.41 bits per heavy atom. The van der Waals surface area contributed by atoms with Gasteiger partial charge in [0.15, 0.2) is 6.29 Å². The molecule has 3 heteroatoms. The Labute approximate surface area is 106 Å². The number of allylic oxidation sites excluding steroid dienone is 1. The van der Waals surface area contributed by atoms with Crippen LogP contribution in [0.5, 0.6) is 0 Å². The summed E-state index contributed by atoms with van der Waals surface area (Å²) >= 11 is 0. The fourth-order valence-corrected chi connectivity index (χ4v) is 1.68. The second kappa shape index (κ2) is 9.63. The first-order chi connectivity index (χ1) is 8.01. The van der Waals surface area contributed by atoms with Crippen LogP contribution in [-0.4, -0.2) is 30.7 Å². The summed E-state index contributed by atoms with van der Waals surface area (Å²) in [7, 11) is 0. The van der Waals surface area contributed by atoms with E-state index in [-0.39, 0.29) is 19.0 Å². The van der Waals surface area contributed by atoms with Crippen LogP contribution in [0.4, 0.5) is 0 Å². The molecule has 0 saturated carbocycles. The highest BCUT2D eigenvalue weighted by Crippen LogP contribution is 2.18. The van der Waals surface area contributed by atoms with Crippen molar-refractivity contribution in [2.24, 2.45) is 5.92 Å². The molecule has 3 nitrogen and oxygen atoms in total. The summed E-state index contributed by atoms with van der Waals surface area (Å²) in [5.41, 5.74) is 1.29. The number of aliphatic hydroxyl groups excluding tert-OH is 1. The second-order valence-corrected chi connectivity index (χ2v) is 4.70. The topological polar surface area (TPSA) is 38.7 Å². The highest BCUT2D eigenvalue weighted by Gasteiger charge is 2.19. The monoisotopic (exact) mass is 244 g/mol. The molecule has 3 atom stereocenters. The van der Waals surface area contributed by atoms with Gasteiger partial charge in [-0.15, -0.1) is 0 Å². The summed E-state index contributed by atoms with van der Waals surface area (Å²) in [6, 6.07) is 0. The van der Waals surface area contributed by atoms with Gasteiger partial charge in [-0.05, 0) is 46.5 Å². The molecule has 0 heterocycles. The molecule has 0 amide bonds. The van der Waals surface area contributed by atoms with Gasteiger partial charge < -0.3 is 14.6 Å². The molecule has 0 aliphatic carbocycles. The Balaban J connectivity index is 4.33. The van der Waals surface area contributed by atoms with Gasteiger partial charge in [0.2, 0.25) is 0 Å². The zero-order chi connectivity index (χ0) is 13.3. The van der Waals surface area contributed by atoms with Crippen LogP contribution in [0.15, 0.2) is 11.6 Å². The third-order valence-electron chi connectivity index (χ3n) is 2.75. The van der Waals surface area contributed by atoms with Crippen LogP contribution in [0.3, 0.4) is 0 Å². The van der Waals surface area contributed by atoms with Gasteiger partial charge in [-0.1, -0.05) is 18.6 Å². The van der Waals surface area contributed by atoms with Crippen molar-refractivity contribution < 1.29 is 14.6 Å². The third-order valence-corrected chi connectivity index (χ3v) is 2.75. The molecule has 0 fully saturated rings. The lowest BCUT2D eigenvalue weighted by Crippen LogP contribution is -2.28.